The zero-order valence-electron chi connectivity index (χ0n) is 15.5. The summed E-state index contributed by atoms with van der Waals surface area (Å²) in [6.45, 7) is 1.77. The first-order valence-electron chi connectivity index (χ1n) is 8.75. The average Bonchev–Trinajstić information content (AvgIpc) is 3.13. The summed E-state index contributed by atoms with van der Waals surface area (Å²) in [6.07, 6.45) is -2.47. The number of pyridine rings is 1. The van der Waals surface area contributed by atoms with Gasteiger partial charge in [-0.25, -0.2) is 0 Å². The van der Waals surface area contributed by atoms with Crippen molar-refractivity contribution >= 4 is 46.4 Å². The van der Waals surface area contributed by atoms with E-state index >= 15 is 0 Å². The average molecular weight is 481 g/mol. The summed E-state index contributed by atoms with van der Waals surface area (Å²) >= 11 is 18.2. The van der Waals surface area contributed by atoms with Gasteiger partial charge in [-0.1, -0.05) is 46.9 Å². The number of nitrogens with zero attached hydrogens (tertiary/aromatic N) is 2. The smallest absolute Gasteiger partial charge is 0.374 e. The Morgan fingerprint density at radius 3 is 2.47 bits per heavy atom. The largest absolute Gasteiger partial charge is 0.435 e. The van der Waals surface area contributed by atoms with E-state index < -0.39 is 18.2 Å². The van der Waals surface area contributed by atoms with Gasteiger partial charge in [0.2, 0.25) is 5.91 Å². The number of aromatic nitrogens is 1. The third-order valence-electron chi connectivity index (χ3n) is 4.58. The summed E-state index contributed by atoms with van der Waals surface area (Å²) in [6, 6.07) is 3.59. The van der Waals surface area contributed by atoms with Gasteiger partial charge in [0.1, 0.15) is 0 Å². The standard InChI is InChI=1S/C19H15Cl3F3N3O2/c1-2-16(29)27-8-10-7-26-9-14(17(10)22)15-6-18(30-28-15,19(23,24)25)11-3-12(20)5-13(21)4-11/h3-5,7,9H,2,6,8H2,1H3,(H,27,29). The minimum atomic E-state index is -4.82. The molecule has 3 rings (SSSR count). The number of carbonyl (C=O) groups is 1. The second kappa shape index (κ2) is 8.61. The van der Waals surface area contributed by atoms with Crippen molar-refractivity contribution in [2.75, 3.05) is 0 Å². The maximum absolute atomic E-state index is 14.1. The maximum atomic E-state index is 14.1. The van der Waals surface area contributed by atoms with Crippen LogP contribution < -0.4 is 5.32 Å². The predicted octanol–water partition coefficient (Wildman–Crippen LogP) is 5.65. The summed E-state index contributed by atoms with van der Waals surface area (Å²) in [5.74, 6) is -0.202. The van der Waals surface area contributed by atoms with E-state index in [0.717, 1.165) is 12.1 Å². The quantitative estimate of drug-likeness (QED) is 0.601. The molecule has 30 heavy (non-hydrogen) atoms. The van der Waals surface area contributed by atoms with Crippen LogP contribution in [0.3, 0.4) is 0 Å². The molecule has 1 unspecified atom stereocenters. The SMILES string of the molecule is CCC(=O)NCc1cncc(C2=NOC(c3cc(Cl)cc(Cl)c3)(C(F)(F)F)C2)c1Cl. The van der Waals surface area contributed by atoms with Crippen molar-refractivity contribution in [2.45, 2.75) is 38.1 Å². The van der Waals surface area contributed by atoms with Crippen LogP contribution in [0.5, 0.6) is 0 Å². The van der Waals surface area contributed by atoms with Crippen LogP contribution in [0.25, 0.3) is 0 Å². The number of halogens is 6. The minimum absolute atomic E-state index is 0.0338. The number of nitrogens with one attached hydrogen (secondary N) is 1. The van der Waals surface area contributed by atoms with Crippen molar-refractivity contribution in [1.29, 1.82) is 0 Å². The maximum Gasteiger partial charge on any atom is 0.435 e. The van der Waals surface area contributed by atoms with E-state index in [-0.39, 0.29) is 50.8 Å². The Morgan fingerprint density at radius 1 is 1.20 bits per heavy atom. The topological polar surface area (TPSA) is 63.6 Å². The van der Waals surface area contributed by atoms with Crippen molar-refractivity contribution in [3.8, 4) is 0 Å². The molecular weight excluding hydrogens is 466 g/mol. The van der Waals surface area contributed by atoms with Crippen LogP contribution in [0.4, 0.5) is 13.2 Å². The molecule has 1 aromatic carbocycles. The van der Waals surface area contributed by atoms with Gasteiger partial charge in [-0.3, -0.25) is 9.78 Å². The first-order chi connectivity index (χ1) is 14.1. The highest BCUT2D eigenvalue weighted by Gasteiger charge is 2.62. The Labute approximate surface area is 185 Å². The summed E-state index contributed by atoms with van der Waals surface area (Å²) in [7, 11) is 0. The van der Waals surface area contributed by atoms with Gasteiger partial charge in [0.05, 0.1) is 17.2 Å². The molecule has 0 radical (unpaired) electrons. The van der Waals surface area contributed by atoms with E-state index in [9.17, 15) is 18.0 Å². The molecule has 0 aliphatic carbocycles. The highest BCUT2D eigenvalue weighted by Crippen LogP contribution is 2.50. The highest BCUT2D eigenvalue weighted by molar-refractivity contribution is 6.35. The molecule has 0 saturated heterocycles. The van der Waals surface area contributed by atoms with Gasteiger partial charge in [-0.05, 0) is 18.2 Å². The van der Waals surface area contributed by atoms with Crippen molar-refractivity contribution in [3.63, 3.8) is 0 Å². The van der Waals surface area contributed by atoms with Crippen LogP contribution in [0, 0.1) is 0 Å². The lowest BCUT2D eigenvalue weighted by Crippen LogP contribution is -2.42. The molecule has 0 fully saturated rings. The van der Waals surface area contributed by atoms with Crippen LogP contribution in [-0.2, 0) is 21.8 Å². The van der Waals surface area contributed by atoms with Gasteiger partial charge in [-0.15, -0.1) is 0 Å². The van der Waals surface area contributed by atoms with E-state index in [1.54, 1.807) is 6.92 Å². The lowest BCUT2D eigenvalue weighted by atomic mass is 9.86. The number of alkyl halides is 3. The lowest BCUT2D eigenvalue weighted by Gasteiger charge is -2.29. The van der Waals surface area contributed by atoms with E-state index in [2.05, 4.69) is 15.5 Å². The van der Waals surface area contributed by atoms with Crippen LogP contribution >= 0.6 is 34.8 Å². The molecule has 2 aromatic rings. The Kier molecular flexibility index (Phi) is 6.50. The number of hydrogen-bond donors (Lipinski definition) is 1. The molecule has 0 saturated carbocycles. The second-order valence-corrected chi connectivity index (χ2v) is 7.83. The molecule has 2 heterocycles. The van der Waals surface area contributed by atoms with Gasteiger partial charge in [0.25, 0.3) is 5.60 Å². The normalized spacial score (nSPS) is 18.7. The molecule has 160 valence electrons. The number of benzene rings is 1. The molecule has 1 amide bonds. The van der Waals surface area contributed by atoms with Crippen molar-refractivity contribution < 1.29 is 22.8 Å². The molecule has 1 N–H and O–H groups in total. The predicted molar refractivity (Wildman–Crippen MR) is 108 cm³/mol. The summed E-state index contributed by atoms with van der Waals surface area (Å²) in [5.41, 5.74) is -2.47. The van der Waals surface area contributed by atoms with Crippen LogP contribution in [0.15, 0.2) is 35.7 Å². The lowest BCUT2D eigenvalue weighted by molar-refractivity contribution is -0.275. The number of amides is 1. The number of hydrogen-bond acceptors (Lipinski definition) is 4. The van der Waals surface area contributed by atoms with Gasteiger partial charge in [-0.2, -0.15) is 13.2 Å². The molecular formula is C19H15Cl3F3N3O2. The van der Waals surface area contributed by atoms with E-state index in [0.29, 0.717) is 5.56 Å². The number of oxime groups is 1. The zero-order valence-corrected chi connectivity index (χ0v) is 17.8. The zero-order chi connectivity index (χ0) is 22.1. The molecule has 1 aromatic heterocycles. The van der Waals surface area contributed by atoms with E-state index in [4.69, 9.17) is 39.6 Å². The van der Waals surface area contributed by atoms with Crippen molar-refractivity contribution in [2.24, 2.45) is 5.16 Å². The fraction of sp³-hybridized carbons (Fsp3) is 0.316. The fourth-order valence-corrected chi connectivity index (χ4v) is 3.77. The van der Waals surface area contributed by atoms with Gasteiger partial charge < -0.3 is 10.2 Å². The minimum Gasteiger partial charge on any atom is -0.374 e. The summed E-state index contributed by atoms with van der Waals surface area (Å²) in [4.78, 5) is 20.5. The molecule has 5 nitrogen and oxygen atoms in total. The van der Waals surface area contributed by atoms with Gasteiger partial charge in [0.15, 0.2) is 0 Å². The Balaban J connectivity index is 1.96. The Morgan fingerprint density at radius 2 is 1.87 bits per heavy atom. The monoisotopic (exact) mass is 479 g/mol. The third kappa shape index (κ3) is 4.36. The van der Waals surface area contributed by atoms with Crippen LogP contribution in [0.1, 0.15) is 36.5 Å². The molecule has 11 heteroatoms. The molecule has 0 bridgehead atoms. The molecule has 0 spiro atoms. The summed E-state index contributed by atoms with van der Waals surface area (Å²) in [5, 5.41) is 6.51. The van der Waals surface area contributed by atoms with Crippen molar-refractivity contribution in [1.82, 2.24) is 10.3 Å². The number of rotatable bonds is 5. The fourth-order valence-electron chi connectivity index (χ4n) is 2.97. The Hall–Kier alpha value is -2.03. The summed E-state index contributed by atoms with van der Waals surface area (Å²) < 4.78 is 42.3. The first-order valence-corrected chi connectivity index (χ1v) is 9.88. The van der Waals surface area contributed by atoms with E-state index in [1.165, 1.54) is 18.5 Å². The molecule has 1 aliphatic rings. The third-order valence-corrected chi connectivity index (χ3v) is 5.46. The van der Waals surface area contributed by atoms with Gasteiger partial charge in [0, 0.05) is 52.1 Å². The Bertz CT molecular complexity index is 994. The van der Waals surface area contributed by atoms with Crippen LogP contribution in [-0.4, -0.2) is 22.8 Å². The van der Waals surface area contributed by atoms with Gasteiger partial charge >= 0.3 is 6.18 Å². The highest BCUT2D eigenvalue weighted by atomic mass is 35.5. The van der Waals surface area contributed by atoms with Crippen LogP contribution in [0.2, 0.25) is 15.1 Å². The second-order valence-electron chi connectivity index (χ2n) is 6.58. The molecule has 1 atom stereocenters. The first kappa shape index (κ1) is 22.7. The van der Waals surface area contributed by atoms with Crippen molar-refractivity contribution in [3.05, 3.63) is 62.4 Å². The van der Waals surface area contributed by atoms with E-state index in [1.807, 2.05) is 0 Å². The molecule has 1 aliphatic heterocycles. The number of carbonyl (C=O) groups excluding carboxylic acids is 1.